The molecular formula is C66H52N2. The molecule has 2 nitrogen and oxygen atoms in total. The van der Waals surface area contributed by atoms with Gasteiger partial charge in [-0.05, 0) is 141 Å². The molecule has 68 heavy (non-hydrogen) atoms. The van der Waals surface area contributed by atoms with Crippen molar-refractivity contribution < 1.29 is 0 Å². The Labute approximate surface area is 401 Å². The van der Waals surface area contributed by atoms with Crippen molar-refractivity contribution >= 4 is 28.8 Å². The summed E-state index contributed by atoms with van der Waals surface area (Å²) in [6, 6.07) is 84.6. The van der Waals surface area contributed by atoms with Gasteiger partial charge in [0.2, 0.25) is 0 Å². The summed E-state index contributed by atoms with van der Waals surface area (Å²) in [5.74, 6) is 0. The lowest BCUT2D eigenvalue weighted by Crippen LogP contribution is -2.16. The molecule has 10 rings (SSSR count). The van der Waals surface area contributed by atoms with Gasteiger partial charge in [0.05, 0.1) is 0 Å². The molecule has 9 aromatic carbocycles. The molecule has 0 radical (unpaired) electrons. The van der Waals surface area contributed by atoms with Gasteiger partial charge in [0.1, 0.15) is 0 Å². The van der Waals surface area contributed by atoms with Gasteiger partial charge in [-0.3, -0.25) is 0 Å². The summed E-state index contributed by atoms with van der Waals surface area (Å²) in [7, 11) is 0. The van der Waals surface area contributed by atoms with Crippen molar-refractivity contribution in [3.63, 3.8) is 0 Å². The summed E-state index contributed by atoms with van der Waals surface area (Å²) in [4.78, 5) is 4.60. The standard InChI is InChI=1S/C66H52N2/c1-2-59(67(60-23-11-5-12-24-60)62-44-38-54(39-45-62)51-19-7-3-8-20-51)27-17-18-50-30-32-57(33-31-50)65-28-15-16-29-66(65)58-36-34-53(35-37-58)56-42-48-64(49-43-56)68(61-25-13-6-14-26-61)63-46-40-55(41-47-63)52-21-9-4-10-22-52/h2-5,7-13,15-49H,1,6,14H2/b18-17+,59-27+. The van der Waals surface area contributed by atoms with Crippen LogP contribution in [0.3, 0.4) is 0 Å². The van der Waals surface area contributed by atoms with Crippen LogP contribution < -0.4 is 9.80 Å². The number of anilines is 4. The van der Waals surface area contributed by atoms with Gasteiger partial charge in [-0.15, -0.1) is 0 Å². The number of benzene rings is 9. The fourth-order valence-electron chi connectivity index (χ4n) is 9.00. The molecule has 0 atom stereocenters. The van der Waals surface area contributed by atoms with Gasteiger partial charge < -0.3 is 9.80 Å². The zero-order valence-corrected chi connectivity index (χ0v) is 38.1. The molecule has 2 heteroatoms. The molecular weight excluding hydrogens is 821 g/mol. The van der Waals surface area contributed by atoms with E-state index in [1.165, 1.54) is 61.3 Å². The number of hydrogen-bond acceptors (Lipinski definition) is 2. The van der Waals surface area contributed by atoms with E-state index in [0.29, 0.717) is 0 Å². The van der Waals surface area contributed by atoms with Gasteiger partial charge >= 0.3 is 0 Å². The lowest BCUT2D eigenvalue weighted by atomic mass is 9.93. The normalized spacial score (nSPS) is 12.4. The second-order valence-corrected chi connectivity index (χ2v) is 16.9. The Morgan fingerprint density at radius 1 is 0.382 bits per heavy atom. The van der Waals surface area contributed by atoms with Gasteiger partial charge in [-0.2, -0.15) is 0 Å². The molecule has 0 N–H and O–H groups in total. The molecule has 0 fully saturated rings. The summed E-state index contributed by atoms with van der Waals surface area (Å²) in [5, 5.41) is 0. The monoisotopic (exact) mass is 872 g/mol. The maximum atomic E-state index is 4.22. The number of nitrogens with zero attached hydrogens (tertiary/aromatic N) is 2. The SMILES string of the molecule is C=C/C(=C\C=C\c1ccc(-c2ccccc2-c2ccc(-c3ccc(N(C4=CCCC=C4)c4ccc(-c5ccccc5)cc4)cc3)cc2)cc1)N(c1ccccc1)c1ccc(-c2ccccc2)cc1. The number of rotatable bonds is 14. The molecule has 0 aliphatic heterocycles. The van der Waals surface area contributed by atoms with Crippen molar-refractivity contribution in [1.82, 2.24) is 0 Å². The smallest absolute Gasteiger partial charge is 0.0462 e. The van der Waals surface area contributed by atoms with Crippen LogP contribution in [0.15, 0.2) is 291 Å². The van der Waals surface area contributed by atoms with E-state index in [2.05, 4.69) is 277 Å². The predicted molar refractivity (Wildman–Crippen MR) is 291 cm³/mol. The second kappa shape index (κ2) is 20.6. The van der Waals surface area contributed by atoms with E-state index in [0.717, 1.165) is 46.9 Å². The van der Waals surface area contributed by atoms with Gasteiger partial charge in [0.15, 0.2) is 0 Å². The molecule has 0 amide bonds. The van der Waals surface area contributed by atoms with Gasteiger partial charge in [-0.25, -0.2) is 0 Å². The van der Waals surface area contributed by atoms with Crippen LogP contribution >= 0.6 is 0 Å². The highest BCUT2D eigenvalue weighted by atomic mass is 15.2. The first-order chi connectivity index (χ1) is 33.7. The van der Waals surface area contributed by atoms with Gasteiger partial charge in [0.25, 0.3) is 0 Å². The van der Waals surface area contributed by atoms with Crippen LogP contribution in [0.1, 0.15) is 18.4 Å². The third-order valence-corrected chi connectivity index (χ3v) is 12.5. The van der Waals surface area contributed by atoms with E-state index < -0.39 is 0 Å². The Kier molecular flexibility index (Phi) is 13.1. The lowest BCUT2D eigenvalue weighted by Gasteiger charge is -2.28. The fraction of sp³-hybridized carbons (Fsp3) is 0.0303. The lowest BCUT2D eigenvalue weighted by molar-refractivity contribution is 0.997. The third-order valence-electron chi connectivity index (χ3n) is 12.5. The Hall–Kier alpha value is -8.72. The van der Waals surface area contributed by atoms with Crippen molar-refractivity contribution in [2.45, 2.75) is 12.8 Å². The zero-order chi connectivity index (χ0) is 45.9. The molecule has 0 bridgehead atoms. The van der Waals surface area contributed by atoms with E-state index in [9.17, 15) is 0 Å². The largest absolute Gasteiger partial charge is 0.311 e. The van der Waals surface area contributed by atoms with Gasteiger partial charge in [-0.1, -0.05) is 219 Å². The molecule has 0 saturated carbocycles. The van der Waals surface area contributed by atoms with E-state index >= 15 is 0 Å². The van der Waals surface area contributed by atoms with Crippen LogP contribution in [0.2, 0.25) is 0 Å². The highest BCUT2D eigenvalue weighted by molar-refractivity contribution is 5.85. The van der Waals surface area contributed by atoms with E-state index in [4.69, 9.17) is 0 Å². The Balaban J connectivity index is 0.848. The van der Waals surface area contributed by atoms with Gasteiger partial charge in [0, 0.05) is 34.1 Å². The van der Waals surface area contributed by atoms with Crippen LogP contribution in [0.25, 0.3) is 61.7 Å². The topological polar surface area (TPSA) is 6.48 Å². The first-order valence-electron chi connectivity index (χ1n) is 23.4. The minimum absolute atomic E-state index is 0.978. The van der Waals surface area contributed by atoms with Crippen LogP contribution in [0.4, 0.5) is 22.7 Å². The highest BCUT2D eigenvalue weighted by Gasteiger charge is 2.16. The van der Waals surface area contributed by atoms with Crippen molar-refractivity contribution in [2.75, 3.05) is 9.80 Å². The molecule has 1 aliphatic rings. The average Bonchev–Trinajstić information content (AvgIpc) is 3.42. The molecule has 1 aliphatic carbocycles. The predicted octanol–water partition coefficient (Wildman–Crippen LogP) is 18.3. The van der Waals surface area contributed by atoms with Crippen molar-refractivity contribution in [2.24, 2.45) is 0 Å². The zero-order valence-electron chi connectivity index (χ0n) is 38.1. The first-order valence-corrected chi connectivity index (χ1v) is 23.4. The molecule has 0 heterocycles. The Morgan fingerprint density at radius 2 is 0.779 bits per heavy atom. The second-order valence-electron chi connectivity index (χ2n) is 16.9. The molecule has 0 saturated heterocycles. The quantitative estimate of drug-likeness (QED) is 0.100. The molecule has 9 aromatic rings. The van der Waals surface area contributed by atoms with Crippen molar-refractivity contribution in [3.8, 4) is 55.6 Å². The minimum atomic E-state index is 0.978. The van der Waals surface area contributed by atoms with Crippen LogP contribution in [-0.4, -0.2) is 0 Å². The Morgan fingerprint density at radius 3 is 1.25 bits per heavy atom. The van der Waals surface area contributed by atoms with Crippen molar-refractivity contribution in [1.29, 1.82) is 0 Å². The summed E-state index contributed by atoms with van der Waals surface area (Å²) >= 11 is 0. The molecule has 0 aromatic heterocycles. The van der Waals surface area contributed by atoms with E-state index in [1.54, 1.807) is 0 Å². The third kappa shape index (κ3) is 9.77. The molecule has 0 spiro atoms. The maximum absolute atomic E-state index is 4.22. The summed E-state index contributed by atoms with van der Waals surface area (Å²) < 4.78 is 0. The molecule has 0 unspecified atom stereocenters. The van der Waals surface area contributed by atoms with Crippen LogP contribution in [-0.2, 0) is 0 Å². The fourth-order valence-corrected chi connectivity index (χ4v) is 9.00. The minimum Gasteiger partial charge on any atom is -0.311 e. The Bertz CT molecular complexity index is 3220. The van der Waals surface area contributed by atoms with E-state index in [-0.39, 0.29) is 0 Å². The highest BCUT2D eigenvalue weighted by Crippen LogP contribution is 2.38. The number of para-hydroxylation sites is 1. The first kappa shape index (κ1) is 43.2. The van der Waals surface area contributed by atoms with Crippen molar-refractivity contribution in [3.05, 3.63) is 297 Å². The van der Waals surface area contributed by atoms with E-state index in [1.807, 2.05) is 18.2 Å². The maximum Gasteiger partial charge on any atom is 0.0462 e. The van der Waals surface area contributed by atoms with Crippen LogP contribution in [0.5, 0.6) is 0 Å². The number of hydrogen-bond donors (Lipinski definition) is 0. The van der Waals surface area contributed by atoms with Crippen LogP contribution in [0, 0.1) is 0 Å². The summed E-state index contributed by atoms with van der Waals surface area (Å²) in [6.07, 6.45) is 17.3. The molecule has 326 valence electrons. The summed E-state index contributed by atoms with van der Waals surface area (Å²) in [5.41, 5.74) is 19.7. The summed E-state index contributed by atoms with van der Waals surface area (Å²) in [6.45, 7) is 4.22. The average molecular weight is 873 g/mol. The number of allylic oxidation sites excluding steroid dienone is 6.